The molecule has 3 nitrogen and oxygen atoms in total. The van der Waals surface area contributed by atoms with E-state index in [-0.39, 0.29) is 0 Å². The number of nitrogen functional groups attached to an aromatic ring is 1. The molecule has 4 N–H and O–H groups in total. The average Bonchev–Trinajstić information content (AvgIpc) is 2.72. The topological polar surface area (TPSA) is 53.8 Å². The molecule has 0 unspecified atom stereocenters. The van der Waals surface area contributed by atoms with Crippen LogP contribution in [-0.2, 0) is 6.42 Å². The van der Waals surface area contributed by atoms with E-state index in [9.17, 15) is 0 Å². The van der Waals surface area contributed by atoms with Crippen LogP contribution >= 0.6 is 24.0 Å². The fourth-order valence-corrected chi connectivity index (χ4v) is 2.12. The summed E-state index contributed by atoms with van der Waals surface area (Å²) >= 11 is 6.65. The van der Waals surface area contributed by atoms with Crippen molar-refractivity contribution in [1.29, 1.82) is 0 Å². The number of anilines is 1. The van der Waals surface area contributed by atoms with Gasteiger partial charge in [-0.15, -0.1) is 11.8 Å². The quantitative estimate of drug-likeness (QED) is 0.589. The molecule has 1 aromatic carbocycles. The minimum atomic E-state index is 0.797. The lowest BCUT2D eigenvalue weighted by atomic mass is 10.1. The Morgan fingerprint density at radius 3 is 3.12 bits per heavy atom. The van der Waals surface area contributed by atoms with Crippen molar-refractivity contribution in [3.63, 3.8) is 0 Å². The lowest BCUT2D eigenvalue weighted by Gasteiger charge is -2.04. The van der Waals surface area contributed by atoms with E-state index in [0.29, 0.717) is 0 Å². The monoisotopic (exact) mass is 265 g/mol. The van der Waals surface area contributed by atoms with Crippen LogP contribution in [0.1, 0.15) is 5.56 Å². The standard InChI is InChI=1S/C12H15N3S2/c1-17-12(16)14-5-4-8-7-15-11-3-2-9(13)6-10(8)11/h2-3,6-7,15H,4-5,13H2,1H3,(H,14,16). The molecule has 2 rings (SSSR count). The maximum atomic E-state index is 5.80. The Hall–Kier alpha value is -1.20. The van der Waals surface area contributed by atoms with Crippen molar-refractivity contribution < 1.29 is 0 Å². The summed E-state index contributed by atoms with van der Waals surface area (Å²) < 4.78 is 0.837. The number of aromatic amines is 1. The third-order valence-corrected chi connectivity index (χ3v) is 3.80. The van der Waals surface area contributed by atoms with Crippen LogP contribution in [0.25, 0.3) is 10.9 Å². The van der Waals surface area contributed by atoms with Crippen LogP contribution in [0.4, 0.5) is 5.69 Å². The second kappa shape index (κ2) is 5.42. The van der Waals surface area contributed by atoms with E-state index in [2.05, 4.69) is 10.3 Å². The summed E-state index contributed by atoms with van der Waals surface area (Å²) in [5.41, 5.74) is 8.99. The van der Waals surface area contributed by atoms with Crippen molar-refractivity contribution in [2.45, 2.75) is 6.42 Å². The number of aromatic nitrogens is 1. The van der Waals surface area contributed by atoms with Gasteiger partial charge in [0, 0.05) is 29.3 Å². The van der Waals surface area contributed by atoms with Crippen molar-refractivity contribution in [2.24, 2.45) is 0 Å². The first-order valence-electron chi connectivity index (χ1n) is 5.38. The molecule has 0 saturated heterocycles. The maximum Gasteiger partial charge on any atom is 0.133 e. The summed E-state index contributed by atoms with van der Waals surface area (Å²) in [6.45, 7) is 0.849. The first-order valence-corrected chi connectivity index (χ1v) is 7.01. The Morgan fingerprint density at radius 1 is 1.53 bits per heavy atom. The Labute approximate surface area is 110 Å². The number of nitrogens with two attached hydrogens (primary N) is 1. The number of thioether (sulfide) groups is 1. The largest absolute Gasteiger partial charge is 0.399 e. The number of hydrogen-bond donors (Lipinski definition) is 3. The molecule has 0 fully saturated rings. The SMILES string of the molecule is CSC(=S)NCCc1c[nH]c2ccc(N)cc12. The van der Waals surface area contributed by atoms with Crippen LogP contribution in [0.3, 0.4) is 0 Å². The van der Waals surface area contributed by atoms with Gasteiger partial charge in [0.1, 0.15) is 4.32 Å². The summed E-state index contributed by atoms with van der Waals surface area (Å²) in [6.07, 6.45) is 4.94. The van der Waals surface area contributed by atoms with Crippen LogP contribution in [0.15, 0.2) is 24.4 Å². The van der Waals surface area contributed by atoms with Gasteiger partial charge in [-0.25, -0.2) is 0 Å². The zero-order valence-electron chi connectivity index (χ0n) is 9.62. The Kier molecular flexibility index (Phi) is 3.91. The fraction of sp³-hybridized carbons (Fsp3) is 0.250. The van der Waals surface area contributed by atoms with Crippen molar-refractivity contribution in [3.8, 4) is 0 Å². The van der Waals surface area contributed by atoms with E-state index >= 15 is 0 Å². The van der Waals surface area contributed by atoms with Crippen molar-refractivity contribution in [3.05, 3.63) is 30.0 Å². The van der Waals surface area contributed by atoms with E-state index in [1.165, 1.54) is 10.9 Å². The van der Waals surface area contributed by atoms with E-state index in [1.54, 1.807) is 11.8 Å². The van der Waals surface area contributed by atoms with Crippen molar-refractivity contribution in [1.82, 2.24) is 10.3 Å². The molecular formula is C12H15N3S2. The minimum Gasteiger partial charge on any atom is -0.399 e. The lowest BCUT2D eigenvalue weighted by molar-refractivity contribution is 0.888. The number of thiocarbonyl (C=S) groups is 1. The molecule has 90 valence electrons. The molecule has 0 aliphatic rings. The van der Waals surface area contributed by atoms with E-state index in [0.717, 1.165) is 28.5 Å². The highest BCUT2D eigenvalue weighted by atomic mass is 32.2. The van der Waals surface area contributed by atoms with Crippen LogP contribution in [0, 0.1) is 0 Å². The third-order valence-electron chi connectivity index (χ3n) is 2.64. The second-order valence-corrected chi connectivity index (χ2v) is 5.27. The molecular weight excluding hydrogens is 250 g/mol. The summed E-state index contributed by atoms with van der Waals surface area (Å²) in [7, 11) is 0. The van der Waals surface area contributed by atoms with Gasteiger partial charge in [0.15, 0.2) is 0 Å². The highest BCUT2D eigenvalue weighted by Crippen LogP contribution is 2.21. The van der Waals surface area contributed by atoms with Gasteiger partial charge < -0.3 is 16.0 Å². The van der Waals surface area contributed by atoms with E-state index < -0.39 is 0 Å². The summed E-state index contributed by atoms with van der Waals surface area (Å²) in [4.78, 5) is 3.25. The smallest absolute Gasteiger partial charge is 0.133 e. The minimum absolute atomic E-state index is 0.797. The average molecular weight is 265 g/mol. The number of nitrogens with one attached hydrogen (secondary N) is 2. The highest BCUT2D eigenvalue weighted by molar-refractivity contribution is 8.22. The zero-order chi connectivity index (χ0) is 12.3. The fourth-order valence-electron chi connectivity index (χ4n) is 1.77. The van der Waals surface area contributed by atoms with Crippen molar-refractivity contribution in [2.75, 3.05) is 18.5 Å². The van der Waals surface area contributed by atoms with E-state index in [1.807, 2.05) is 30.7 Å². The third kappa shape index (κ3) is 2.92. The predicted octanol–water partition coefficient (Wildman–Crippen LogP) is 2.53. The van der Waals surface area contributed by atoms with Gasteiger partial charge in [-0.2, -0.15) is 0 Å². The molecule has 0 amide bonds. The highest BCUT2D eigenvalue weighted by Gasteiger charge is 2.03. The van der Waals surface area contributed by atoms with Gasteiger partial charge in [0.05, 0.1) is 0 Å². The number of fused-ring (bicyclic) bond motifs is 1. The second-order valence-electron chi connectivity index (χ2n) is 3.79. The van der Waals surface area contributed by atoms with Gasteiger partial charge in [-0.1, -0.05) is 12.2 Å². The molecule has 0 spiro atoms. The molecule has 1 aromatic heterocycles. The number of H-pyrrole nitrogens is 1. The molecule has 0 aliphatic heterocycles. The first-order chi connectivity index (χ1) is 8.20. The Morgan fingerprint density at radius 2 is 2.35 bits per heavy atom. The molecule has 17 heavy (non-hydrogen) atoms. The van der Waals surface area contributed by atoms with Crippen LogP contribution in [0.5, 0.6) is 0 Å². The van der Waals surface area contributed by atoms with Crippen molar-refractivity contribution >= 4 is 44.9 Å². The zero-order valence-corrected chi connectivity index (χ0v) is 11.3. The van der Waals surface area contributed by atoms with Crippen LogP contribution in [0.2, 0.25) is 0 Å². The molecule has 0 saturated carbocycles. The number of rotatable bonds is 3. The lowest BCUT2D eigenvalue weighted by Crippen LogP contribution is -2.20. The molecule has 5 heteroatoms. The summed E-state index contributed by atoms with van der Waals surface area (Å²) in [6, 6.07) is 5.92. The molecule has 2 aromatic rings. The van der Waals surface area contributed by atoms with Crippen LogP contribution in [-0.4, -0.2) is 22.1 Å². The molecule has 0 bridgehead atoms. The van der Waals surface area contributed by atoms with E-state index in [4.69, 9.17) is 18.0 Å². The Balaban J connectivity index is 2.08. The summed E-state index contributed by atoms with van der Waals surface area (Å²) in [5.74, 6) is 0. The summed E-state index contributed by atoms with van der Waals surface area (Å²) in [5, 5.41) is 4.40. The van der Waals surface area contributed by atoms with Gasteiger partial charge >= 0.3 is 0 Å². The molecule has 0 radical (unpaired) electrons. The van der Waals surface area contributed by atoms with Gasteiger partial charge in [-0.05, 0) is 36.4 Å². The Bertz CT molecular complexity index is 534. The van der Waals surface area contributed by atoms with Gasteiger partial charge in [-0.3, -0.25) is 0 Å². The first kappa shape index (κ1) is 12.3. The number of hydrogen-bond acceptors (Lipinski definition) is 3. The normalized spacial score (nSPS) is 10.6. The maximum absolute atomic E-state index is 5.80. The molecule has 1 heterocycles. The predicted molar refractivity (Wildman–Crippen MR) is 80.5 cm³/mol. The van der Waals surface area contributed by atoms with Crippen LogP contribution < -0.4 is 11.1 Å². The van der Waals surface area contributed by atoms with Gasteiger partial charge in [0.2, 0.25) is 0 Å². The molecule has 0 aliphatic carbocycles. The molecule has 0 atom stereocenters. The number of benzene rings is 1. The van der Waals surface area contributed by atoms with Gasteiger partial charge in [0.25, 0.3) is 0 Å².